The first kappa shape index (κ1) is 15.0. The molecular weight excluding hydrogens is 244 g/mol. The van der Waals surface area contributed by atoms with E-state index in [-0.39, 0.29) is 5.91 Å². The molecule has 0 fully saturated rings. The van der Waals surface area contributed by atoms with Gasteiger partial charge < -0.3 is 9.47 Å². The molecule has 1 N–H and O–H groups in total. The first-order valence-electron chi connectivity index (χ1n) is 6.25. The molecule has 1 aromatic carbocycles. The summed E-state index contributed by atoms with van der Waals surface area (Å²) in [6.45, 7) is 2.04. The van der Waals surface area contributed by atoms with Crippen molar-refractivity contribution in [2.75, 3.05) is 14.2 Å². The molecule has 104 valence electrons. The number of hydrogen-bond donors (Lipinski definition) is 1. The monoisotopic (exact) mass is 264 g/mol. The lowest BCUT2D eigenvalue weighted by Gasteiger charge is -2.06. The molecule has 1 rings (SSSR count). The summed E-state index contributed by atoms with van der Waals surface area (Å²) in [5.74, 6) is 1.28. The van der Waals surface area contributed by atoms with Crippen LogP contribution in [-0.2, 0) is 4.79 Å². The van der Waals surface area contributed by atoms with Crippen molar-refractivity contribution in [3.63, 3.8) is 0 Å². The van der Waals surface area contributed by atoms with Crippen LogP contribution in [0.2, 0.25) is 0 Å². The third-order valence-electron chi connectivity index (χ3n) is 2.59. The number of amides is 1. The lowest BCUT2D eigenvalue weighted by molar-refractivity contribution is -0.121. The number of ether oxygens (including phenoxy) is 2. The van der Waals surface area contributed by atoms with E-state index in [1.54, 1.807) is 26.5 Å². The van der Waals surface area contributed by atoms with E-state index in [1.807, 2.05) is 19.1 Å². The molecule has 1 amide bonds. The molecule has 0 bridgehead atoms. The van der Waals surface area contributed by atoms with Gasteiger partial charge in [0.05, 0.1) is 20.4 Å². The fourth-order valence-corrected chi connectivity index (χ4v) is 1.49. The van der Waals surface area contributed by atoms with Gasteiger partial charge in [-0.25, -0.2) is 5.43 Å². The Bertz CT molecular complexity index is 444. The quantitative estimate of drug-likeness (QED) is 0.607. The maximum atomic E-state index is 11.4. The molecule has 0 aliphatic heterocycles. The number of carbonyl (C=O) groups excluding carboxylic acids is 1. The Kier molecular flexibility index (Phi) is 6.43. The van der Waals surface area contributed by atoms with Crippen LogP contribution in [0.1, 0.15) is 31.7 Å². The van der Waals surface area contributed by atoms with Crippen LogP contribution < -0.4 is 14.9 Å². The lowest BCUT2D eigenvalue weighted by atomic mass is 10.2. The Hall–Kier alpha value is -2.04. The molecule has 5 heteroatoms. The average Bonchev–Trinajstić information content (AvgIpc) is 2.45. The summed E-state index contributed by atoms with van der Waals surface area (Å²) in [6, 6.07) is 5.39. The van der Waals surface area contributed by atoms with Gasteiger partial charge in [-0.2, -0.15) is 5.10 Å². The SMILES string of the molecule is CCCCC(=O)NN=Cc1ccc(OC)cc1OC. The Morgan fingerprint density at radius 3 is 2.79 bits per heavy atom. The van der Waals surface area contributed by atoms with Gasteiger partial charge in [0, 0.05) is 18.1 Å². The molecule has 0 heterocycles. The van der Waals surface area contributed by atoms with Gasteiger partial charge in [0.25, 0.3) is 0 Å². The lowest BCUT2D eigenvalue weighted by Crippen LogP contribution is -2.16. The van der Waals surface area contributed by atoms with E-state index >= 15 is 0 Å². The molecule has 19 heavy (non-hydrogen) atoms. The second-order valence-corrected chi connectivity index (χ2v) is 4.00. The number of methoxy groups -OCH3 is 2. The predicted octanol–water partition coefficient (Wildman–Crippen LogP) is 2.34. The molecule has 5 nitrogen and oxygen atoms in total. The van der Waals surface area contributed by atoms with Crippen molar-refractivity contribution in [2.45, 2.75) is 26.2 Å². The summed E-state index contributed by atoms with van der Waals surface area (Å²) in [7, 11) is 3.17. The van der Waals surface area contributed by atoms with Gasteiger partial charge in [-0.3, -0.25) is 4.79 Å². The van der Waals surface area contributed by atoms with Crippen molar-refractivity contribution < 1.29 is 14.3 Å². The van der Waals surface area contributed by atoms with Crippen LogP contribution in [-0.4, -0.2) is 26.3 Å². The van der Waals surface area contributed by atoms with Crippen LogP contribution in [0, 0.1) is 0 Å². The van der Waals surface area contributed by atoms with Crippen molar-refractivity contribution in [2.24, 2.45) is 5.10 Å². The van der Waals surface area contributed by atoms with E-state index in [0.29, 0.717) is 17.9 Å². The van der Waals surface area contributed by atoms with Crippen LogP contribution in [0.3, 0.4) is 0 Å². The van der Waals surface area contributed by atoms with Crippen LogP contribution >= 0.6 is 0 Å². The number of hydrazone groups is 1. The average molecular weight is 264 g/mol. The van der Waals surface area contributed by atoms with Crippen molar-refractivity contribution >= 4 is 12.1 Å². The van der Waals surface area contributed by atoms with Gasteiger partial charge in [0.15, 0.2) is 0 Å². The molecule has 0 aliphatic rings. The summed E-state index contributed by atoms with van der Waals surface area (Å²) in [6.07, 6.45) is 3.91. The van der Waals surface area contributed by atoms with Crippen LogP contribution in [0.5, 0.6) is 11.5 Å². The minimum Gasteiger partial charge on any atom is -0.497 e. The molecule has 0 unspecified atom stereocenters. The van der Waals surface area contributed by atoms with Gasteiger partial charge >= 0.3 is 0 Å². The molecule has 0 aromatic heterocycles. The summed E-state index contributed by atoms with van der Waals surface area (Å²) in [4.78, 5) is 11.4. The number of hydrogen-bond acceptors (Lipinski definition) is 4. The van der Waals surface area contributed by atoms with Crippen molar-refractivity contribution in [1.29, 1.82) is 0 Å². The minimum absolute atomic E-state index is 0.0782. The highest BCUT2D eigenvalue weighted by molar-refractivity contribution is 5.85. The summed E-state index contributed by atoms with van der Waals surface area (Å²) < 4.78 is 10.3. The normalized spacial score (nSPS) is 10.5. The van der Waals surface area contributed by atoms with E-state index < -0.39 is 0 Å². The molecule has 0 saturated carbocycles. The van der Waals surface area contributed by atoms with Crippen LogP contribution in [0.4, 0.5) is 0 Å². The minimum atomic E-state index is -0.0782. The third-order valence-corrected chi connectivity index (χ3v) is 2.59. The standard InChI is InChI=1S/C14H20N2O3/c1-4-5-6-14(17)16-15-10-11-7-8-12(18-2)9-13(11)19-3/h7-10H,4-6H2,1-3H3,(H,16,17). The fourth-order valence-electron chi connectivity index (χ4n) is 1.49. The molecular formula is C14H20N2O3. The zero-order valence-corrected chi connectivity index (χ0v) is 11.6. The molecule has 0 aliphatic carbocycles. The van der Waals surface area contributed by atoms with Crippen molar-refractivity contribution in [3.05, 3.63) is 23.8 Å². The number of nitrogens with zero attached hydrogens (tertiary/aromatic N) is 1. The second kappa shape index (κ2) is 8.13. The fraction of sp³-hybridized carbons (Fsp3) is 0.429. The molecule has 0 spiro atoms. The topological polar surface area (TPSA) is 59.9 Å². The highest BCUT2D eigenvalue weighted by atomic mass is 16.5. The molecule has 0 atom stereocenters. The van der Waals surface area contributed by atoms with Gasteiger partial charge in [0.2, 0.25) is 5.91 Å². The van der Waals surface area contributed by atoms with E-state index in [4.69, 9.17) is 9.47 Å². The summed E-state index contributed by atoms with van der Waals surface area (Å²) in [5.41, 5.74) is 3.27. The Morgan fingerprint density at radius 1 is 1.37 bits per heavy atom. The first-order valence-corrected chi connectivity index (χ1v) is 6.25. The van der Waals surface area contributed by atoms with Crippen LogP contribution in [0.15, 0.2) is 23.3 Å². The Morgan fingerprint density at radius 2 is 2.16 bits per heavy atom. The number of nitrogens with one attached hydrogen (secondary N) is 1. The third kappa shape index (κ3) is 4.99. The Balaban J connectivity index is 2.63. The number of carbonyl (C=O) groups is 1. The number of unbranched alkanes of at least 4 members (excludes halogenated alkanes) is 1. The van der Waals surface area contributed by atoms with E-state index in [2.05, 4.69) is 10.5 Å². The maximum absolute atomic E-state index is 11.4. The van der Waals surface area contributed by atoms with Gasteiger partial charge in [-0.1, -0.05) is 13.3 Å². The van der Waals surface area contributed by atoms with Gasteiger partial charge in [0.1, 0.15) is 11.5 Å². The predicted molar refractivity (Wildman–Crippen MR) is 74.8 cm³/mol. The van der Waals surface area contributed by atoms with Crippen molar-refractivity contribution in [3.8, 4) is 11.5 Å². The number of rotatable bonds is 7. The highest BCUT2D eigenvalue weighted by Crippen LogP contribution is 2.22. The molecule has 1 aromatic rings. The zero-order valence-electron chi connectivity index (χ0n) is 11.6. The first-order chi connectivity index (χ1) is 9.21. The summed E-state index contributed by atoms with van der Waals surface area (Å²) in [5, 5.41) is 3.91. The van der Waals surface area contributed by atoms with Crippen molar-refractivity contribution in [1.82, 2.24) is 5.43 Å². The smallest absolute Gasteiger partial charge is 0.240 e. The van der Waals surface area contributed by atoms with Crippen LogP contribution in [0.25, 0.3) is 0 Å². The summed E-state index contributed by atoms with van der Waals surface area (Å²) >= 11 is 0. The van der Waals surface area contributed by atoms with Gasteiger partial charge in [-0.05, 0) is 18.6 Å². The van der Waals surface area contributed by atoms with E-state index in [9.17, 15) is 4.79 Å². The van der Waals surface area contributed by atoms with E-state index in [1.165, 1.54) is 0 Å². The zero-order chi connectivity index (χ0) is 14.1. The molecule has 0 radical (unpaired) electrons. The van der Waals surface area contributed by atoms with E-state index in [0.717, 1.165) is 18.4 Å². The highest BCUT2D eigenvalue weighted by Gasteiger charge is 2.03. The maximum Gasteiger partial charge on any atom is 0.240 e. The Labute approximate surface area is 113 Å². The second-order valence-electron chi connectivity index (χ2n) is 4.00. The molecule has 0 saturated heterocycles. The number of benzene rings is 1. The largest absolute Gasteiger partial charge is 0.497 e. The van der Waals surface area contributed by atoms with Gasteiger partial charge in [-0.15, -0.1) is 0 Å².